The Morgan fingerprint density at radius 1 is 0.978 bits per heavy atom. The fourth-order valence-corrected chi connectivity index (χ4v) is 7.71. The number of anilines is 1. The molecule has 0 radical (unpaired) electrons. The molecule has 234 valence electrons. The molecule has 4 atom stereocenters. The van der Waals surface area contributed by atoms with Crippen molar-refractivity contribution < 1.29 is 37.5 Å². The Labute approximate surface area is 265 Å². The third-order valence-corrected chi connectivity index (χ3v) is 9.80. The second-order valence-electron chi connectivity index (χ2n) is 12.0. The van der Waals surface area contributed by atoms with Gasteiger partial charge in [-0.1, -0.05) is 53.6 Å². The van der Waals surface area contributed by atoms with Gasteiger partial charge in [0.15, 0.2) is 17.4 Å². The van der Waals surface area contributed by atoms with Gasteiger partial charge in [0.2, 0.25) is 0 Å². The molecular weight excluding hydrogens is 623 g/mol. The first-order valence-electron chi connectivity index (χ1n) is 14.6. The van der Waals surface area contributed by atoms with Crippen molar-refractivity contribution >= 4 is 51.6 Å². The molecule has 7 rings (SSSR count). The number of phenols is 1. The maximum Gasteiger partial charge on any atom is 0.433 e. The van der Waals surface area contributed by atoms with Crippen LogP contribution in [0.3, 0.4) is 0 Å². The predicted octanol–water partition coefficient (Wildman–Crippen LogP) is 6.09. The smallest absolute Gasteiger partial charge is 0.433 e. The largest absolute Gasteiger partial charge is 0.507 e. The van der Waals surface area contributed by atoms with Crippen LogP contribution in [0.4, 0.5) is 19.0 Å². The average molecular weight is 648 g/mol. The number of alkyl halides is 3. The molecule has 8 nitrogen and oxygen atoms in total. The van der Waals surface area contributed by atoms with Crippen molar-refractivity contribution in [1.29, 1.82) is 0 Å². The van der Waals surface area contributed by atoms with E-state index in [2.05, 4.69) is 4.98 Å². The number of hydrazine groups is 1. The molecule has 1 aromatic heterocycles. The third-order valence-electron chi connectivity index (χ3n) is 9.51. The summed E-state index contributed by atoms with van der Waals surface area (Å²) >= 11 is 6.21. The number of hydrogen-bond donors (Lipinski definition) is 1. The lowest BCUT2D eigenvalue weighted by atomic mass is 9.59. The molecule has 0 saturated carbocycles. The van der Waals surface area contributed by atoms with Crippen LogP contribution >= 0.6 is 11.6 Å². The van der Waals surface area contributed by atoms with E-state index in [1.54, 1.807) is 31.2 Å². The minimum Gasteiger partial charge on any atom is -0.507 e. The molecule has 46 heavy (non-hydrogen) atoms. The fourth-order valence-electron chi connectivity index (χ4n) is 7.49. The zero-order valence-electron chi connectivity index (χ0n) is 24.4. The molecule has 1 saturated heterocycles. The molecule has 0 unspecified atom stereocenters. The lowest BCUT2D eigenvalue weighted by Gasteiger charge is -2.42. The highest BCUT2D eigenvalue weighted by atomic mass is 35.5. The molecule has 0 spiro atoms. The normalized spacial score (nSPS) is 24.5. The number of benzene rings is 2. The van der Waals surface area contributed by atoms with Crippen molar-refractivity contribution in [2.75, 3.05) is 12.1 Å². The van der Waals surface area contributed by atoms with Gasteiger partial charge in [0.1, 0.15) is 11.4 Å². The highest BCUT2D eigenvalue weighted by Crippen LogP contribution is 2.56. The summed E-state index contributed by atoms with van der Waals surface area (Å²) in [5, 5.41) is 13.4. The number of Topliss-reactive ketones (excluding diaryl/α,β-unsaturated/α-hetero) is 1. The molecule has 1 N–H and O–H groups in total. The maximum atomic E-state index is 14.2. The number of fused-ring (bicyclic) bond motifs is 4. The highest BCUT2D eigenvalue weighted by Gasteiger charge is 2.57. The minimum atomic E-state index is -4.79. The standard InChI is InChI=1S/C34H25ClF3N3O5/c1-15-13-25(43)29-22(30(15)44)14-21-19(27(29)18-9-11-24(42)17-6-4-3-5-16(17)18)7-8-20-28(21)33(46)41(32(20)45)40(2)31-23(35)10-12-26(39-31)34(36,37)38/h3-7,9-13,20-21,27-28,42H,8,14H2,1-2H3/t20-,21+,27-,28-/m0/s1. The summed E-state index contributed by atoms with van der Waals surface area (Å²) in [5.74, 6) is -5.55. The number of ketones is 2. The van der Waals surface area contributed by atoms with Gasteiger partial charge in [0.25, 0.3) is 11.8 Å². The molecular formula is C34H25ClF3N3O5. The van der Waals surface area contributed by atoms with Gasteiger partial charge < -0.3 is 5.11 Å². The van der Waals surface area contributed by atoms with Crippen molar-refractivity contribution in [3.05, 3.63) is 99.3 Å². The van der Waals surface area contributed by atoms with E-state index in [-0.39, 0.29) is 46.3 Å². The van der Waals surface area contributed by atoms with Crippen LogP contribution in [0, 0.1) is 17.8 Å². The number of nitrogens with zero attached hydrogens (tertiary/aromatic N) is 3. The van der Waals surface area contributed by atoms with Gasteiger partial charge in [0.05, 0.1) is 16.9 Å². The van der Waals surface area contributed by atoms with E-state index < -0.39 is 53.2 Å². The van der Waals surface area contributed by atoms with Crippen molar-refractivity contribution in [3.63, 3.8) is 0 Å². The van der Waals surface area contributed by atoms with E-state index in [4.69, 9.17) is 11.6 Å². The lowest BCUT2D eigenvalue weighted by molar-refractivity contribution is -0.141. The second kappa shape index (κ2) is 10.4. The maximum absolute atomic E-state index is 14.2. The Kier molecular flexibility index (Phi) is 6.75. The number of carbonyl (C=O) groups excluding carboxylic acids is 4. The van der Waals surface area contributed by atoms with Crippen LogP contribution in [0.25, 0.3) is 10.8 Å². The topological polar surface area (TPSA) is 108 Å². The highest BCUT2D eigenvalue weighted by molar-refractivity contribution is 6.33. The quantitative estimate of drug-likeness (QED) is 0.208. The number of halogens is 4. The molecule has 1 fully saturated rings. The number of pyridine rings is 1. The second-order valence-corrected chi connectivity index (χ2v) is 12.4. The van der Waals surface area contributed by atoms with E-state index in [9.17, 15) is 37.5 Å². The summed E-state index contributed by atoms with van der Waals surface area (Å²) in [4.78, 5) is 58.9. The number of carbonyl (C=O) groups is 4. The molecule has 0 bridgehead atoms. The summed E-state index contributed by atoms with van der Waals surface area (Å²) in [6.45, 7) is 1.55. The van der Waals surface area contributed by atoms with E-state index in [0.717, 1.165) is 16.1 Å². The van der Waals surface area contributed by atoms with Gasteiger partial charge in [-0.15, -0.1) is 0 Å². The van der Waals surface area contributed by atoms with Gasteiger partial charge in [-0.2, -0.15) is 18.2 Å². The Balaban J connectivity index is 1.35. The van der Waals surface area contributed by atoms with Crippen molar-refractivity contribution in [3.8, 4) is 5.75 Å². The molecule has 3 aliphatic carbocycles. The molecule has 2 aromatic carbocycles. The monoisotopic (exact) mass is 647 g/mol. The Morgan fingerprint density at radius 2 is 1.70 bits per heavy atom. The summed E-state index contributed by atoms with van der Waals surface area (Å²) in [6, 6.07) is 12.1. The molecule has 2 amide bonds. The molecule has 4 aliphatic rings. The van der Waals surface area contributed by atoms with Crippen molar-refractivity contribution in [2.24, 2.45) is 17.8 Å². The summed E-state index contributed by atoms with van der Waals surface area (Å²) < 4.78 is 40.5. The van der Waals surface area contributed by atoms with E-state index >= 15 is 0 Å². The summed E-state index contributed by atoms with van der Waals surface area (Å²) in [5.41, 5.74) is 0.959. The first-order valence-corrected chi connectivity index (χ1v) is 14.9. The van der Waals surface area contributed by atoms with Crippen LogP contribution in [-0.4, -0.2) is 45.5 Å². The Hall–Kier alpha value is -4.77. The van der Waals surface area contributed by atoms with E-state index in [1.165, 1.54) is 19.2 Å². The average Bonchev–Trinajstić information content (AvgIpc) is 3.28. The van der Waals surface area contributed by atoms with Crippen LogP contribution in [0.5, 0.6) is 5.75 Å². The molecule has 2 heterocycles. The number of imide groups is 1. The molecule has 1 aliphatic heterocycles. The lowest BCUT2D eigenvalue weighted by Crippen LogP contribution is -2.46. The van der Waals surface area contributed by atoms with Crippen LogP contribution in [0.2, 0.25) is 5.02 Å². The van der Waals surface area contributed by atoms with Gasteiger partial charge in [0, 0.05) is 35.1 Å². The first-order chi connectivity index (χ1) is 21.8. The number of aromatic hydroxyl groups is 1. The van der Waals surface area contributed by atoms with E-state index in [0.29, 0.717) is 33.5 Å². The van der Waals surface area contributed by atoms with E-state index in [1.807, 2.05) is 12.1 Å². The number of phenolic OH excluding ortho intramolecular Hbond substituents is 1. The number of amides is 2. The van der Waals surface area contributed by atoms with Gasteiger partial charge in [-0.05, 0) is 60.9 Å². The molecule has 3 aromatic rings. The molecule has 12 heteroatoms. The number of allylic oxidation sites excluding steroid dienone is 6. The van der Waals surface area contributed by atoms with Gasteiger partial charge in [-0.25, -0.2) is 4.98 Å². The summed E-state index contributed by atoms with van der Waals surface area (Å²) in [7, 11) is 1.25. The Bertz CT molecular complexity index is 2020. The van der Waals surface area contributed by atoms with Crippen LogP contribution < -0.4 is 5.01 Å². The zero-order valence-corrected chi connectivity index (χ0v) is 25.2. The van der Waals surface area contributed by atoms with Gasteiger partial charge >= 0.3 is 6.18 Å². The van der Waals surface area contributed by atoms with Gasteiger partial charge in [-0.3, -0.25) is 24.2 Å². The predicted molar refractivity (Wildman–Crippen MR) is 161 cm³/mol. The van der Waals surface area contributed by atoms with Crippen molar-refractivity contribution in [1.82, 2.24) is 9.99 Å². The fraction of sp³-hybridized carbons (Fsp3) is 0.265. The van der Waals surface area contributed by atoms with Crippen LogP contribution in [0.15, 0.2) is 83.0 Å². The third kappa shape index (κ3) is 4.32. The van der Waals surface area contributed by atoms with Crippen LogP contribution in [0.1, 0.15) is 36.9 Å². The number of hydrogen-bond acceptors (Lipinski definition) is 7. The number of rotatable bonds is 3. The number of aromatic nitrogens is 1. The summed E-state index contributed by atoms with van der Waals surface area (Å²) in [6.07, 6.45) is -1.47. The van der Waals surface area contributed by atoms with Crippen molar-refractivity contribution in [2.45, 2.75) is 31.9 Å². The first kappa shape index (κ1) is 29.9. The van der Waals surface area contributed by atoms with Crippen LogP contribution in [-0.2, 0) is 25.4 Å². The zero-order chi connectivity index (χ0) is 32.8. The SMILES string of the molecule is CC1=CC(=O)C2=C(C[C@@H]3C(=CC[C@@H]4C(=O)N(N(C)c5nc(C(F)(F)F)ccc5Cl)C(=O)[C@@H]43)[C@@H]2c2ccc(O)c3ccccc23)C1=O. The minimum absolute atomic E-state index is 0.0315. The Morgan fingerprint density at radius 3 is 2.41 bits per heavy atom.